The number of nitrogens with one attached hydrogen (secondary N) is 1. The largest absolute Gasteiger partial charge is 0.476 e. The number of para-hydroxylation sites is 2. The van der Waals surface area contributed by atoms with E-state index in [-0.39, 0.29) is 11.4 Å². The van der Waals surface area contributed by atoms with E-state index >= 15 is 0 Å². The van der Waals surface area contributed by atoms with E-state index in [1.165, 1.54) is 23.5 Å². The standard InChI is InChI=1S/C16H15ClN2O4S/c1-18-16(20)15-10-19(13-7-2-3-8-14(13)23-15)24(21,22)12-6-4-5-11(17)9-12/h2-9,15H,10H2,1H3,(H,18,20). The maximum atomic E-state index is 13.0. The summed E-state index contributed by atoms with van der Waals surface area (Å²) in [5.74, 6) is -0.0567. The molecule has 8 heteroatoms. The fourth-order valence-electron chi connectivity index (χ4n) is 2.48. The monoisotopic (exact) mass is 366 g/mol. The zero-order valence-electron chi connectivity index (χ0n) is 12.8. The molecule has 0 fully saturated rings. The van der Waals surface area contributed by atoms with Crippen LogP contribution in [-0.4, -0.2) is 34.0 Å². The van der Waals surface area contributed by atoms with Crippen molar-refractivity contribution >= 4 is 33.2 Å². The minimum Gasteiger partial charge on any atom is -0.476 e. The molecule has 2 aromatic rings. The lowest BCUT2D eigenvalue weighted by atomic mass is 10.2. The van der Waals surface area contributed by atoms with Crippen molar-refractivity contribution in [3.05, 3.63) is 53.6 Å². The Labute approximate surface area is 145 Å². The molecular weight excluding hydrogens is 352 g/mol. The van der Waals surface area contributed by atoms with Gasteiger partial charge >= 0.3 is 0 Å². The third-order valence-electron chi connectivity index (χ3n) is 3.66. The molecule has 1 aliphatic rings. The van der Waals surface area contributed by atoms with Gasteiger partial charge in [-0.05, 0) is 30.3 Å². The van der Waals surface area contributed by atoms with E-state index in [2.05, 4.69) is 5.32 Å². The van der Waals surface area contributed by atoms with Crippen LogP contribution in [0.5, 0.6) is 5.75 Å². The molecule has 0 bridgehead atoms. The van der Waals surface area contributed by atoms with Gasteiger partial charge in [-0.25, -0.2) is 8.42 Å². The fourth-order valence-corrected chi connectivity index (χ4v) is 4.26. The van der Waals surface area contributed by atoms with Gasteiger partial charge < -0.3 is 10.1 Å². The molecule has 0 radical (unpaired) electrons. The first-order valence-corrected chi connectivity index (χ1v) is 9.01. The molecule has 3 rings (SSSR count). The maximum absolute atomic E-state index is 13.0. The summed E-state index contributed by atoms with van der Waals surface area (Å²) in [5.41, 5.74) is 0.387. The zero-order valence-corrected chi connectivity index (χ0v) is 14.3. The van der Waals surface area contributed by atoms with Gasteiger partial charge in [0, 0.05) is 12.1 Å². The Morgan fingerprint density at radius 1 is 1.25 bits per heavy atom. The summed E-state index contributed by atoms with van der Waals surface area (Å²) in [4.78, 5) is 12.0. The smallest absolute Gasteiger partial charge is 0.264 e. The van der Waals surface area contributed by atoms with Crippen molar-refractivity contribution in [2.24, 2.45) is 0 Å². The summed E-state index contributed by atoms with van der Waals surface area (Å²) in [5, 5.41) is 2.80. The second-order valence-corrected chi connectivity index (χ2v) is 7.48. The molecule has 0 saturated heterocycles. The maximum Gasteiger partial charge on any atom is 0.264 e. The average Bonchev–Trinajstić information content (AvgIpc) is 2.60. The fraction of sp³-hybridized carbons (Fsp3) is 0.188. The van der Waals surface area contributed by atoms with Crippen molar-refractivity contribution in [3.8, 4) is 5.75 Å². The summed E-state index contributed by atoms with van der Waals surface area (Å²) in [6.45, 7) is -0.120. The molecule has 1 atom stereocenters. The van der Waals surface area contributed by atoms with Crippen LogP contribution in [0.3, 0.4) is 0 Å². The van der Waals surface area contributed by atoms with Gasteiger partial charge in [0.05, 0.1) is 17.1 Å². The highest BCUT2D eigenvalue weighted by Gasteiger charge is 2.37. The highest BCUT2D eigenvalue weighted by molar-refractivity contribution is 7.92. The number of fused-ring (bicyclic) bond motifs is 1. The SMILES string of the molecule is CNC(=O)C1CN(S(=O)(=O)c2cccc(Cl)c2)c2ccccc2O1. The minimum absolute atomic E-state index is 0.0577. The average molecular weight is 367 g/mol. The van der Waals surface area contributed by atoms with Gasteiger partial charge in [0.25, 0.3) is 15.9 Å². The lowest BCUT2D eigenvalue weighted by molar-refractivity contribution is -0.127. The van der Waals surface area contributed by atoms with E-state index in [9.17, 15) is 13.2 Å². The molecular formula is C16H15ClN2O4S. The first-order chi connectivity index (χ1) is 11.4. The Kier molecular flexibility index (Phi) is 4.38. The molecule has 2 aromatic carbocycles. The second-order valence-electron chi connectivity index (χ2n) is 5.18. The number of sulfonamides is 1. The highest BCUT2D eigenvalue weighted by Crippen LogP contribution is 2.37. The molecule has 126 valence electrons. The molecule has 0 aromatic heterocycles. The summed E-state index contributed by atoms with van der Waals surface area (Å²) >= 11 is 5.92. The van der Waals surface area contributed by atoms with Crippen molar-refractivity contribution in [3.63, 3.8) is 0 Å². The predicted octanol–water partition coefficient (Wildman–Crippen LogP) is 2.04. The van der Waals surface area contributed by atoms with Crippen LogP contribution in [0.25, 0.3) is 0 Å². The molecule has 1 amide bonds. The Morgan fingerprint density at radius 2 is 2.00 bits per heavy atom. The van der Waals surface area contributed by atoms with E-state index in [1.54, 1.807) is 36.4 Å². The quantitative estimate of drug-likeness (QED) is 0.902. The van der Waals surface area contributed by atoms with Crippen molar-refractivity contribution in [1.29, 1.82) is 0 Å². The molecule has 1 unspecified atom stereocenters. The first kappa shape index (κ1) is 16.6. The van der Waals surface area contributed by atoms with E-state index in [4.69, 9.17) is 16.3 Å². The normalized spacial score (nSPS) is 16.9. The van der Waals surface area contributed by atoms with Crippen LogP contribution in [0.2, 0.25) is 5.02 Å². The Bertz CT molecular complexity index is 885. The number of anilines is 1. The van der Waals surface area contributed by atoms with Crippen molar-refractivity contribution in [2.75, 3.05) is 17.9 Å². The molecule has 0 spiro atoms. The third kappa shape index (κ3) is 2.92. The van der Waals surface area contributed by atoms with Crippen LogP contribution in [0.4, 0.5) is 5.69 Å². The van der Waals surface area contributed by atoms with Crippen LogP contribution in [-0.2, 0) is 14.8 Å². The molecule has 1 heterocycles. The number of nitrogens with zero attached hydrogens (tertiary/aromatic N) is 1. The van der Waals surface area contributed by atoms with Crippen molar-refractivity contribution in [1.82, 2.24) is 5.32 Å². The topological polar surface area (TPSA) is 75.7 Å². The van der Waals surface area contributed by atoms with Crippen molar-refractivity contribution in [2.45, 2.75) is 11.0 Å². The molecule has 1 aliphatic heterocycles. The molecule has 6 nitrogen and oxygen atoms in total. The summed E-state index contributed by atoms with van der Waals surface area (Å²) in [7, 11) is -2.41. The van der Waals surface area contributed by atoms with Gasteiger partial charge in [-0.2, -0.15) is 0 Å². The van der Waals surface area contributed by atoms with Crippen molar-refractivity contribution < 1.29 is 17.9 Å². The number of carbonyl (C=O) groups excluding carboxylic acids is 1. The summed E-state index contributed by atoms with van der Waals surface area (Å²) in [6, 6.07) is 12.7. The predicted molar refractivity (Wildman–Crippen MR) is 90.9 cm³/mol. The van der Waals surface area contributed by atoms with E-state index in [1.807, 2.05) is 0 Å². The number of hydrogen-bond donors (Lipinski definition) is 1. The number of amides is 1. The summed E-state index contributed by atoms with van der Waals surface area (Å²) in [6.07, 6.45) is -0.932. The van der Waals surface area contributed by atoms with Gasteiger partial charge in [0.15, 0.2) is 6.10 Å². The Balaban J connectivity index is 2.09. The van der Waals surface area contributed by atoms with Crippen LogP contribution in [0.1, 0.15) is 0 Å². The lowest BCUT2D eigenvalue weighted by Gasteiger charge is -2.34. The number of rotatable bonds is 3. The Hall–Kier alpha value is -2.25. The van der Waals surface area contributed by atoms with E-state index in [0.717, 1.165) is 0 Å². The number of hydrogen-bond acceptors (Lipinski definition) is 4. The lowest BCUT2D eigenvalue weighted by Crippen LogP contribution is -2.50. The van der Waals surface area contributed by atoms with Crippen LogP contribution >= 0.6 is 11.6 Å². The number of carbonyl (C=O) groups is 1. The molecule has 1 N–H and O–H groups in total. The van der Waals surface area contributed by atoms with Crippen LogP contribution in [0.15, 0.2) is 53.4 Å². The van der Waals surface area contributed by atoms with Gasteiger partial charge in [-0.3, -0.25) is 9.10 Å². The van der Waals surface area contributed by atoms with Crippen LogP contribution in [0, 0.1) is 0 Å². The third-order valence-corrected chi connectivity index (χ3v) is 5.67. The zero-order chi connectivity index (χ0) is 17.3. The van der Waals surface area contributed by atoms with Gasteiger partial charge in [0.1, 0.15) is 5.75 Å². The number of halogens is 1. The second kappa shape index (κ2) is 6.33. The highest BCUT2D eigenvalue weighted by atomic mass is 35.5. The van der Waals surface area contributed by atoms with Gasteiger partial charge in [-0.15, -0.1) is 0 Å². The van der Waals surface area contributed by atoms with Gasteiger partial charge in [0.2, 0.25) is 0 Å². The number of likely N-dealkylation sites (N-methyl/N-ethyl adjacent to an activating group) is 1. The summed E-state index contributed by atoms with van der Waals surface area (Å²) < 4.78 is 32.9. The minimum atomic E-state index is -3.88. The number of benzene rings is 2. The van der Waals surface area contributed by atoms with Crippen LogP contribution < -0.4 is 14.4 Å². The Morgan fingerprint density at radius 3 is 2.71 bits per heavy atom. The molecule has 24 heavy (non-hydrogen) atoms. The van der Waals surface area contributed by atoms with E-state index < -0.39 is 22.0 Å². The van der Waals surface area contributed by atoms with Gasteiger partial charge in [-0.1, -0.05) is 29.8 Å². The number of ether oxygens (including phenoxy) is 1. The molecule has 0 aliphatic carbocycles. The first-order valence-electron chi connectivity index (χ1n) is 7.19. The van der Waals surface area contributed by atoms with E-state index in [0.29, 0.717) is 16.5 Å². The molecule has 0 saturated carbocycles.